The van der Waals surface area contributed by atoms with Crippen LogP contribution < -0.4 is 10.4 Å². The number of rotatable bonds is 26. The molecule has 7 rings (SSSR count). The first-order valence-electron chi connectivity index (χ1n) is 24.2. The van der Waals surface area contributed by atoms with Crippen LogP contribution in [0.4, 0.5) is 0 Å². The number of nitrogens with zero attached hydrogens (tertiary/aromatic N) is 2. The zero-order valence-electron chi connectivity index (χ0n) is 38.6. The van der Waals surface area contributed by atoms with Crippen molar-refractivity contribution in [3.05, 3.63) is 57.5 Å². The zero-order valence-corrected chi connectivity index (χ0v) is 44.5. The van der Waals surface area contributed by atoms with Gasteiger partial charge in [0.25, 0.3) is 0 Å². The minimum atomic E-state index is -1.98. The number of fused-ring (bicyclic) bond motifs is 3. The lowest BCUT2D eigenvalue weighted by Crippen LogP contribution is -2.56. The quantitative estimate of drug-likeness (QED) is 0.0400. The third-order valence-electron chi connectivity index (χ3n) is 13.3. The molecule has 0 bridgehead atoms. The van der Waals surface area contributed by atoms with Crippen molar-refractivity contribution in [3.8, 4) is 49.0 Å². The minimum absolute atomic E-state index is 0.822. The number of aryl methyl sites for hydroxylation is 4. The molecule has 2 atom stereocenters. The molecule has 0 fully saturated rings. The van der Waals surface area contributed by atoms with Crippen molar-refractivity contribution in [1.29, 1.82) is 0 Å². The lowest BCUT2D eigenvalue weighted by atomic mass is 10.0. The number of hydrogen-bond acceptors (Lipinski definition) is 8. The fourth-order valence-electron chi connectivity index (χ4n) is 9.81. The van der Waals surface area contributed by atoms with Gasteiger partial charge in [-0.15, -0.1) is 68.0 Å². The van der Waals surface area contributed by atoms with Crippen LogP contribution in [0.2, 0.25) is 12.1 Å². The van der Waals surface area contributed by atoms with E-state index in [-0.39, 0.29) is 0 Å². The van der Waals surface area contributed by atoms with E-state index in [1.54, 1.807) is 14.9 Å². The monoisotopic (exact) mass is 944 g/mol. The summed E-state index contributed by atoms with van der Waals surface area (Å²) < 4.78 is 0. The maximum absolute atomic E-state index is 5.49. The Morgan fingerprint density at radius 3 is 1.49 bits per heavy atom. The fraction of sp³-hybridized carbons (Fsp3) is 0.577. The van der Waals surface area contributed by atoms with Crippen molar-refractivity contribution in [3.63, 3.8) is 0 Å². The molecule has 0 aromatic carbocycles. The van der Waals surface area contributed by atoms with Gasteiger partial charge in [-0.1, -0.05) is 131 Å². The van der Waals surface area contributed by atoms with Gasteiger partial charge < -0.3 is 0 Å². The van der Waals surface area contributed by atoms with E-state index in [2.05, 4.69) is 114 Å². The van der Waals surface area contributed by atoms with Gasteiger partial charge in [0.15, 0.2) is 10.0 Å². The largest absolute Gasteiger partial charge is 0.238 e. The van der Waals surface area contributed by atoms with E-state index in [9.17, 15) is 0 Å². The van der Waals surface area contributed by atoms with Crippen LogP contribution in [0.25, 0.3) is 49.0 Å². The number of thiazole rings is 2. The first kappa shape index (κ1) is 47.2. The van der Waals surface area contributed by atoms with Gasteiger partial charge in [0, 0.05) is 39.0 Å². The maximum Gasteiger partial charge on any atom is 0.153 e. The van der Waals surface area contributed by atoms with Gasteiger partial charge in [0.05, 0.1) is 21.1 Å². The predicted molar refractivity (Wildman–Crippen MR) is 283 cm³/mol. The number of thiophene rings is 4. The molecule has 0 N–H and O–H groups in total. The van der Waals surface area contributed by atoms with Gasteiger partial charge in [0.1, 0.15) is 8.07 Å². The Bertz CT molecular complexity index is 2260. The molecule has 2 nitrogen and oxygen atoms in total. The summed E-state index contributed by atoms with van der Waals surface area (Å²) in [6.45, 7) is 18.9. The van der Waals surface area contributed by atoms with Crippen LogP contribution in [0.15, 0.2) is 36.4 Å². The molecule has 0 spiro atoms. The molecule has 9 heteroatoms. The highest BCUT2D eigenvalue weighted by atomic mass is 32.1. The highest BCUT2D eigenvalue weighted by Gasteiger charge is 2.49. The topological polar surface area (TPSA) is 25.8 Å². The molecule has 0 radical (unpaired) electrons. The first-order valence-corrected chi connectivity index (χ1v) is 31.5. The van der Waals surface area contributed by atoms with Crippen LogP contribution in [-0.4, -0.2) is 18.0 Å². The second-order valence-electron chi connectivity index (χ2n) is 18.1. The maximum atomic E-state index is 5.49. The summed E-state index contributed by atoms with van der Waals surface area (Å²) in [4.78, 5) is 25.5. The van der Waals surface area contributed by atoms with E-state index < -0.39 is 8.07 Å². The Morgan fingerprint density at radius 2 is 0.967 bits per heavy atom. The fourth-order valence-corrected chi connectivity index (χ4v) is 24.6. The van der Waals surface area contributed by atoms with E-state index in [0.717, 1.165) is 34.7 Å². The van der Waals surface area contributed by atoms with Crippen LogP contribution in [0.1, 0.15) is 165 Å². The van der Waals surface area contributed by atoms with E-state index in [1.807, 2.05) is 50.5 Å². The highest BCUT2D eigenvalue weighted by molar-refractivity contribution is 7.33. The molecule has 0 amide bonds. The van der Waals surface area contributed by atoms with E-state index in [1.165, 1.54) is 165 Å². The van der Waals surface area contributed by atoms with Crippen molar-refractivity contribution < 1.29 is 0 Å². The third kappa shape index (κ3) is 10.9. The molecule has 1 aliphatic heterocycles. The predicted octanol–water partition coefficient (Wildman–Crippen LogP) is 18.4. The zero-order chi connectivity index (χ0) is 42.9. The summed E-state index contributed by atoms with van der Waals surface area (Å²) in [5.74, 6) is 1.64. The van der Waals surface area contributed by atoms with Gasteiger partial charge in [-0.3, -0.25) is 0 Å². The Morgan fingerprint density at radius 1 is 0.459 bits per heavy atom. The summed E-state index contributed by atoms with van der Waals surface area (Å²) in [6.07, 6.45) is 22.9. The second-order valence-corrected chi connectivity index (χ2v) is 28.8. The van der Waals surface area contributed by atoms with Crippen molar-refractivity contribution in [2.24, 2.45) is 11.8 Å². The van der Waals surface area contributed by atoms with Crippen LogP contribution >= 0.6 is 68.0 Å². The van der Waals surface area contributed by atoms with Gasteiger partial charge >= 0.3 is 0 Å². The standard InChI is InChI=1S/C52H72N2S6Si/c1-9-15-19-21-25-39-47(42-28-27-35(7)55-42)59-51(53-39)52-54-40(26-22-20-16-10-2)48(60-52)43-30-29-41(57-43)44-32-46-50(58-44)49-45(31-36(8)56-49)61(46,33-37(13-5)23-17-11-3)34-38(14-6)24-18-12-4/h27-32,37-38H,9-26,33-34H2,1-8H3. The van der Waals surface area contributed by atoms with Gasteiger partial charge in [-0.2, -0.15) is 0 Å². The second kappa shape index (κ2) is 22.5. The third-order valence-corrected chi connectivity index (χ3v) is 26.4. The van der Waals surface area contributed by atoms with Crippen molar-refractivity contribution in [2.45, 2.75) is 183 Å². The molecular formula is C52H72N2S6Si. The Labute approximate surface area is 394 Å². The molecule has 7 heterocycles. The van der Waals surface area contributed by atoms with Crippen LogP contribution in [-0.2, 0) is 12.8 Å². The van der Waals surface area contributed by atoms with Crippen LogP contribution in [0, 0.1) is 25.7 Å². The molecule has 61 heavy (non-hydrogen) atoms. The Kier molecular flexibility index (Phi) is 17.4. The Hall–Kier alpha value is -1.72. The summed E-state index contributed by atoms with van der Waals surface area (Å²) in [5, 5.41) is 5.84. The molecule has 6 aromatic rings. The van der Waals surface area contributed by atoms with Crippen LogP contribution in [0.3, 0.4) is 0 Å². The molecule has 330 valence electrons. The average Bonchev–Trinajstić information content (AvgIpc) is 4.13. The molecule has 0 saturated carbocycles. The summed E-state index contributed by atoms with van der Waals surface area (Å²) in [5.41, 5.74) is 2.56. The normalized spacial score (nSPS) is 15.8. The summed E-state index contributed by atoms with van der Waals surface area (Å²) in [6, 6.07) is 17.7. The highest BCUT2D eigenvalue weighted by Crippen LogP contribution is 2.50. The number of unbranched alkanes of at least 4 members (excludes halogenated alkanes) is 8. The van der Waals surface area contributed by atoms with Crippen molar-refractivity contribution in [2.75, 3.05) is 0 Å². The molecular weight excluding hydrogens is 873 g/mol. The number of hydrogen-bond donors (Lipinski definition) is 0. The SMILES string of the molecule is CCCCCCc1nc(-c2nc(CCCCCC)c(-c3ccc(-c4cc5c(s4)-c4sc(C)cc4[Si]5(CC(CC)CCCC)CC(CC)CCCC)s3)s2)sc1-c1ccc(C)s1. The molecule has 0 aliphatic carbocycles. The Balaban J connectivity index is 1.26. The molecule has 6 aromatic heterocycles. The van der Waals surface area contributed by atoms with E-state index >= 15 is 0 Å². The van der Waals surface area contributed by atoms with E-state index in [0.29, 0.717) is 0 Å². The van der Waals surface area contributed by atoms with Gasteiger partial charge in [0.2, 0.25) is 0 Å². The van der Waals surface area contributed by atoms with Crippen LogP contribution in [0.5, 0.6) is 0 Å². The lowest BCUT2D eigenvalue weighted by Gasteiger charge is -2.35. The van der Waals surface area contributed by atoms with Gasteiger partial charge in [-0.05, 0) is 110 Å². The van der Waals surface area contributed by atoms with Gasteiger partial charge in [-0.25, -0.2) is 9.97 Å². The molecule has 1 aliphatic rings. The average molecular weight is 946 g/mol. The summed E-state index contributed by atoms with van der Waals surface area (Å²) in [7, 11) is -1.98. The van der Waals surface area contributed by atoms with Crippen molar-refractivity contribution >= 4 is 86.5 Å². The molecule has 2 unspecified atom stereocenters. The van der Waals surface area contributed by atoms with Crippen molar-refractivity contribution in [1.82, 2.24) is 9.97 Å². The minimum Gasteiger partial charge on any atom is -0.238 e. The summed E-state index contributed by atoms with van der Waals surface area (Å²) >= 11 is 11.9. The van der Waals surface area contributed by atoms with E-state index in [4.69, 9.17) is 9.97 Å². The first-order chi connectivity index (χ1) is 29.7. The smallest absolute Gasteiger partial charge is 0.153 e. The lowest BCUT2D eigenvalue weighted by molar-refractivity contribution is 0.469. The molecule has 0 saturated heterocycles. The number of aromatic nitrogens is 2.